The molecule has 0 bridgehead atoms. The van der Waals surface area contributed by atoms with E-state index in [1.807, 2.05) is 6.92 Å². The summed E-state index contributed by atoms with van der Waals surface area (Å²) >= 11 is 1.56. The van der Waals surface area contributed by atoms with Crippen molar-refractivity contribution in [3.8, 4) is 5.19 Å². The van der Waals surface area contributed by atoms with Crippen molar-refractivity contribution in [2.24, 2.45) is 0 Å². The highest BCUT2D eigenvalue weighted by Crippen LogP contribution is 2.33. The Kier molecular flexibility index (Phi) is 8.29. The van der Waals surface area contributed by atoms with Crippen molar-refractivity contribution in [3.05, 3.63) is 53.1 Å². The number of aryl methyl sites for hydroxylation is 2. The molecule has 2 aliphatic rings. The number of aromatic nitrogens is 1. The van der Waals surface area contributed by atoms with Crippen molar-refractivity contribution in [2.75, 3.05) is 45.9 Å². The number of likely N-dealkylation sites (tertiary alicyclic amines) is 1. The van der Waals surface area contributed by atoms with Gasteiger partial charge in [0.15, 0.2) is 0 Å². The number of piperazine rings is 1. The maximum atomic E-state index is 13.1. The lowest BCUT2D eigenvalue weighted by molar-refractivity contribution is 0.0595. The Labute approximate surface area is 238 Å². The fourth-order valence-corrected chi connectivity index (χ4v) is 7.49. The molecule has 0 unspecified atom stereocenters. The van der Waals surface area contributed by atoms with E-state index in [1.54, 1.807) is 35.3 Å². The van der Waals surface area contributed by atoms with Gasteiger partial charge in [0.2, 0.25) is 10.0 Å². The molecule has 3 heterocycles. The lowest BCUT2D eigenvalue weighted by atomic mass is 10.1. The van der Waals surface area contributed by atoms with E-state index in [0.717, 1.165) is 15.8 Å². The maximum absolute atomic E-state index is 13.1. The van der Waals surface area contributed by atoms with Gasteiger partial charge in [0.25, 0.3) is 11.1 Å². The zero-order valence-corrected chi connectivity index (χ0v) is 24.6. The summed E-state index contributed by atoms with van der Waals surface area (Å²) in [6, 6.07) is 10.3. The minimum atomic E-state index is -3.74. The number of hydrogen-bond acceptors (Lipinski definition) is 8. The number of rotatable bonds is 6. The third kappa shape index (κ3) is 5.79. The lowest BCUT2D eigenvalue weighted by Gasteiger charge is -2.33. The number of piperidine rings is 1. The largest absolute Gasteiger partial charge is 0.467 e. The summed E-state index contributed by atoms with van der Waals surface area (Å²) in [4.78, 5) is 33.1. The zero-order valence-electron chi connectivity index (χ0n) is 23.0. The normalized spacial score (nSPS) is 17.3. The van der Waals surface area contributed by atoms with Gasteiger partial charge in [-0.1, -0.05) is 23.5 Å². The number of hydrogen-bond donors (Lipinski definition) is 0. The molecule has 0 spiro atoms. The van der Waals surface area contributed by atoms with Gasteiger partial charge in [-0.05, 0) is 56.2 Å². The van der Waals surface area contributed by atoms with Crippen LogP contribution in [0, 0.1) is 13.8 Å². The number of carbonyl (C=O) groups excluding carboxylic acids is 2. The van der Waals surface area contributed by atoms with Gasteiger partial charge in [-0.15, -0.1) is 0 Å². The fourth-order valence-electron chi connectivity index (χ4n) is 5.04. The van der Waals surface area contributed by atoms with Crippen LogP contribution in [0.1, 0.15) is 41.3 Å². The second-order valence-corrected chi connectivity index (χ2v) is 13.0. The van der Waals surface area contributed by atoms with Crippen LogP contribution in [0.3, 0.4) is 0 Å². The molecule has 0 aliphatic carbocycles. The molecular weight excluding hydrogens is 552 g/mol. The molecule has 0 N–H and O–H groups in total. The Bertz CT molecular complexity index is 1450. The number of carbonyl (C=O) groups is 2. The third-order valence-electron chi connectivity index (χ3n) is 7.42. The monoisotopic (exact) mass is 586 g/mol. The molecule has 0 atom stereocenters. The predicted octanol–water partition coefficient (Wildman–Crippen LogP) is 4.06. The average Bonchev–Trinajstić information content (AvgIpc) is 3.40. The van der Waals surface area contributed by atoms with E-state index in [1.165, 1.54) is 26.9 Å². The van der Waals surface area contributed by atoms with Crippen LogP contribution in [0.15, 0.2) is 41.3 Å². The summed E-state index contributed by atoms with van der Waals surface area (Å²) in [6.07, 6.45) is 0.954. The minimum absolute atomic E-state index is 0.0120. The predicted molar refractivity (Wildman–Crippen MR) is 152 cm³/mol. The summed E-state index contributed by atoms with van der Waals surface area (Å²) in [5, 5.41) is 0.663. The van der Waals surface area contributed by atoms with E-state index in [2.05, 4.69) is 24.0 Å². The van der Waals surface area contributed by atoms with E-state index in [0.29, 0.717) is 36.7 Å². The van der Waals surface area contributed by atoms with Gasteiger partial charge in [-0.25, -0.2) is 18.2 Å². The maximum Gasteiger partial charge on any atom is 0.409 e. The quantitative estimate of drug-likeness (QED) is 0.429. The fraction of sp³-hybridized carbons (Fsp3) is 0.464. The van der Waals surface area contributed by atoms with Gasteiger partial charge in [0.05, 0.1) is 21.7 Å². The molecule has 40 heavy (non-hydrogen) atoms. The summed E-state index contributed by atoms with van der Waals surface area (Å²) in [5.41, 5.74) is 3.74. The van der Waals surface area contributed by atoms with E-state index in [-0.39, 0.29) is 49.7 Å². The minimum Gasteiger partial charge on any atom is -0.467 e. The van der Waals surface area contributed by atoms with Gasteiger partial charge in [0.1, 0.15) is 6.10 Å². The van der Waals surface area contributed by atoms with Crippen molar-refractivity contribution >= 4 is 43.6 Å². The first kappa shape index (κ1) is 28.3. The molecule has 1 aromatic heterocycles. The zero-order chi connectivity index (χ0) is 28.4. The van der Waals surface area contributed by atoms with Gasteiger partial charge in [-0.2, -0.15) is 4.31 Å². The molecule has 214 valence electrons. The number of amides is 2. The number of sulfonamides is 1. The molecule has 3 aromatic rings. The molecule has 5 rings (SSSR count). The van der Waals surface area contributed by atoms with Crippen molar-refractivity contribution in [3.63, 3.8) is 0 Å². The van der Waals surface area contributed by atoms with Gasteiger partial charge >= 0.3 is 6.09 Å². The highest BCUT2D eigenvalue weighted by Gasteiger charge is 2.31. The Hall–Kier alpha value is -3.22. The van der Waals surface area contributed by atoms with E-state index >= 15 is 0 Å². The van der Waals surface area contributed by atoms with Crippen LogP contribution in [0.4, 0.5) is 4.79 Å². The molecule has 2 amide bonds. The number of benzene rings is 2. The Balaban J connectivity index is 1.15. The number of fused-ring (bicyclic) bond motifs is 1. The van der Waals surface area contributed by atoms with Gasteiger partial charge in [0, 0.05) is 57.7 Å². The van der Waals surface area contributed by atoms with E-state index in [9.17, 15) is 18.0 Å². The molecule has 0 radical (unpaired) electrons. The Morgan fingerprint density at radius 2 is 1.57 bits per heavy atom. The Morgan fingerprint density at radius 1 is 0.925 bits per heavy atom. The highest BCUT2D eigenvalue weighted by molar-refractivity contribution is 7.89. The van der Waals surface area contributed by atoms with Crippen molar-refractivity contribution in [2.45, 2.75) is 44.6 Å². The number of thiazole rings is 1. The first-order chi connectivity index (χ1) is 19.2. The second-order valence-electron chi connectivity index (χ2n) is 10.1. The van der Waals surface area contributed by atoms with Crippen LogP contribution in [-0.4, -0.2) is 91.5 Å². The van der Waals surface area contributed by atoms with Crippen LogP contribution in [0.25, 0.3) is 10.2 Å². The second kappa shape index (κ2) is 11.7. The summed E-state index contributed by atoms with van der Waals surface area (Å²) in [7, 11) is -3.74. The van der Waals surface area contributed by atoms with Crippen LogP contribution < -0.4 is 4.74 Å². The molecular formula is C28H34N4O6S2. The first-order valence-corrected chi connectivity index (χ1v) is 15.8. The summed E-state index contributed by atoms with van der Waals surface area (Å²) in [5.74, 6) is -0.128. The topological polar surface area (TPSA) is 109 Å². The molecule has 0 saturated carbocycles. The standard InChI is InChI=1S/C28H34N4O6S2/c1-4-37-28(34)31-15-17-32(18-16-31)40(35,36)23-9-7-21(8-10-23)26(33)30-13-11-22(12-14-30)38-27-29-24-19(2)5-6-20(3)25(24)39-27/h5-10,22H,4,11-18H2,1-3H3. The van der Waals surface area contributed by atoms with Gasteiger partial charge in [-0.3, -0.25) is 4.79 Å². The highest BCUT2D eigenvalue weighted by atomic mass is 32.2. The number of ether oxygens (including phenoxy) is 2. The SMILES string of the molecule is CCOC(=O)N1CCN(S(=O)(=O)c2ccc(C(=O)N3CCC(Oc4nc5c(C)ccc(C)c5s4)CC3)cc2)CC1. The lowest BCUT2D eigenvalue weighted by Crippen LogP contribution is -2.50. The van der Waals surface area contributed by atoms with Crippen molar-refractivity contribution in [1.82, 2.24) is 19.1 Å². The molecule has 2 aromatic carbocycles. The van der Waals surface area contributed by atoms with Crippen LogP contribution in [0.5, 0.6) is 5.19 Å². The Morgan fingerprint density at radius 3 is 2.20 bits per heavy atom. The summed E-state index contributed by atoms with van der Waals surface area (Å²) < 4.78 is 40.0. The molecule has 10 nitrogen and oxygen atoms in total. The summed E-state index contributed by atoms with van der Waals surface area (Å²) in [6.45, 7) is 8.15. The van der Waals surface area contributed by atoms with Crippen LogP contribution >= 0.6 is 11.3 Å². The molecule has 12 heteroatoms. The van der Waals surface area contributed by atoms with E-state index in [4.69, 9.17) is 9.47 Å². The molecule has 2 aliphatic heterocycles. The van der Waals surface area contributed by atoms with Crippen molar-refractivity contribution in [1.29, 1.82) is 0 Å². The van der Waals surface area contributed by atoms with Crippen LogP contribution in [-0.2, 0) is 14.8 Å². The molecule has 2 fully saturated rings. The molecule has 2 saturated heterocycles. The van der Waals surface area contributed by atoms with Gasteiger partial charge < -0.3 is 19.3 Å². The van der Waals surface area contributed by atoms with Crippen molar-refractivity contribution < 1.29 is 27.5 Å². The number of nitrogens with zero attached hydrogens (tertiary/aromatic N) is 4. The smallest absolute Gasteiger partial charge is 0.409 e. The first-order valence-electron chi connectivity index (χ1n) is 13.5. The average molecular weight is 587 g/mol. The van der Waals surface area contributed by atoms with E-state index < -0.39 is 16.1 Å². The third-order valence-corrected chi connectivity index (χ3v) is 10.4. The van der Waals surface area contributed by atoms with Crippen LogP contribution in [0.2, 0.25) is 0 Å².